The quantitative estimate of drug-likeness (QED) is 0.778. The van der Waals surface area contributed by atoms with E-state index in [1.165, 1.54) is 19.3 Å². The van der Waals surface area contributed by atoms with Crippen molar-refractivity contribution in [2.45, 2.75) is 51.0 Å². The van der Waals surface area contributed by atoms with Crippen LogP contribution in [0.5, 0.6) is 0 Å². The average molecular weight is 241 g/mol. The monoisotopic (exact) mass is 241 g/mol. The van der Waals surface area contributed by atoms with Gasteiger partial charge in [-0.05, 0) is 42.7 Å². The first-order valence-corrected chi connectivity index (χ1v) is 7.09. The van der Waals surface area contributed by atoms with E-state index in [9.17, 15) is 0 Å². The number of terminal acetylenes is 1. The molecule has 1 aromatic rings. The van der Waals surface area contributed by atoms with Crippen LogP contribution in [0.25, 0.3) is 0 Å². The molecule has 1 aliphatic carbocycles. The van der Waals surface area contributed by atoms with E-state index in [0.29, 0.717) is 12.0 Å². The highest BCUT2D eigenvalue weighted by atomic mass is 14.9. The molecule has 1 nitrogen and oxygen atoms in total. The van der Waals surface area contributed by atoms with Crippen LogP contribution in [0.4, 0.5) is 0 Å². The minimum atomic E-state index is 0.476. The lowest BCUT2D eigenvalue weighted by atomic mass is 9.82. The van der Waals surface area contributed by atoms with Gasteiger partial charge in [0.25, 0.3) is 0 Å². The van der Waals surface area contributed by atoms with Gasteiger partial charge in [-0.1, -0.05) is 31.2 Å². The zero-order valence-corrected chi connectivity index (χ0v) is 11.3. The van der Waals surface area contributed by atoms with E-state index < -0.39 is 0 Å². The average Bonchev–Trinajstić information content (AvgIpc) is 2.43. The smallest absolute Gasteiger partial charge is 0.0240 e. The molecule has 0 radical (unpaired) electrons. The second-order valence-corrected chi connectivity index (χ2v) is 5.21. The maximum Gasteiger partial charge on any atom is 0.0240 e. The first-order valence-electron chi connectivity index (χ1n) is 7.09. The summed E-state index contributed by atoms with van der Waals surface area (Å²) in [7, 11) is 0. The molecule has 1 aliphatic rings. The van der Waals surface area contributed by atoms with Crippen LogP contribution in [0.1, 0.15) is 49.7 Å². The molecule has 0 heterocycles. The van der Waals surface area contributed by atoms with Crippen molar-refractivity contribution in [2.24, 2.45) is 0 Å². The first-order chi connectivity index (χ1) is 8.85. The van der Waals surface area contributed by atoms with Crippen LogP contribution in [0.3, 0.4) is 0 Å². The van der Waals surface area contributed by atoms with Crippen molar-refractivity contribution in [1.82, 2.24) is 5.32 Å². The van der Waals surface area contributed by atoms with Gasteiger partial charge in [0, 0.05) is 19.0 Å². The standard InChI is InChI=1S/C17H23N/c1-3-8-16(4-2)18-13-15-11-7-10-14-9-5-6-12-17(14)15/h1,5-6,9,12,15-16,18H,4,7-8,10-11,13H2,2H3. The molecule has 2 rings (SSSR count). The molecular weight excluding hydrogens is 218 g/mol. The van der Waals surface area contributed by atoms with Crippen molar-refractivity contribution in [3.63, 3.8) is 0 Å². The topological polar surface area (TPSA) is 12.0 Å². The zero-order chi connectivity index (χ0) is 12.8. The summed E-state index contributed by atoms with van der Waals surface area (Å²) in [6, 6.07) is 9.37. The highest BCUT2D eigenvalue weighted by molar-refractivity contribution is 5.32. The van der Waals surface area contributed by atoms with Crippen LogP contribution >= 0.6 is 0 Å². The van der Waals surface area contributed by atoms with E-state index >= 15 is 0 Å². The molecule has 2 unspecified atom stereocenters. The van der Waals surface area contributed by atoms with Crippen LogP contribution < -0.4 is 5.32 Å². The molecule has 1 N–H and O–H groups in total. The highest BCUT2D eigenvalue weighted by Crippen LogP contribution is 2.30. The van der Waals surface area contributed by atoms with Crippen LogP contribution in [-0.2, 0) is 6.42 Å². The second kappa shape index (κ2) is 6.61. The number of fused-ring (bicyclic) bond motifs is 1. The van der Waals surface area contributed by atoms with Gasteiger partial charge >= 0.3 is 0 Å². The number of hydrogen-bond donors (Lipinski definition) is 1. The van der Waals surface area contributed by atoms with Gasteiger partial charge in [-0.25, -0.2) is 0 Å². The Hall–Kier alpha value is -1.26. The predicted molar refractivity (Wildman–Crippen MR) is 77.7 cm³/mol. The van der Waals surface area contributed by atoms with Crippen LogP contribution in [0.2, 0.25) is 0 Å². The summed E-state index contributed by atoms with van der Waals surface area (Å²) in [5.41, 5.74) is 3.09. The lowest BCUT2D eigenvalue weighted by Crippen LogP contribution is -2.33. The molecule has 96 valence electrons. The molecule has 1 heteroatoms. The third-order valence-electron chi connectivity index (χ3n) is 4.00. The lowest BCUT2D eigenvalue weighted by molar-refractivity contribution is 0.446. The largest absolute Gasteiger partial charge is 0.312 e. The van der Waals surface area contributed by atoms with Gasteiger partial charge in [-0.2, -0.15) is 0 Å². The van der Waals surface area contributed by atoms with Crippen molar-refractivity contribution in [3.8, 4) is 12.3 Å². The first kappa shape index (κ1) is 13.2. The molecule has 0 saturated carbocycles. The predicted octanol–water partition coefficient (Wildman–Crippen LogP) is 3.50. The van der Waals surface area contributed by atoms with E-state index in [0.717, 1.165) is 19.4 Å². The Morgan fingerprint density at radius 2 is 2.28 bits per heavy atom. The van der Waals surface area contributed by atoms with Crippen molar-refractivity contribution in [3.05, 3.63) is 35.4 Å². The van der Waals surface area contributed by atoms with E-state index in [1.54, 1.807) is 11.1 Å². The summed E-state index contributed by atoms with van der Waals surface area (Å²) < 4.78 is 0. The Labute approximate surface area is 111 Å². The van der Waals surface area contributed by atoms with Crippen LogP contribution in [-0.4, -0.2) is 12.6 Å². The normalized spacial score (nSPS) is 19.9. The van der Waals surface area contributed by atoms with Crippen molar-refractivity contribution >= 4 is 0 Å². The van der Waals surface area contributed by atoms with E-state index in [1.807, 2.05) is 0 Å². The van der Waals surface area contributed by atoms with Crippen molar-refractivity contribution < 1.29 is 0 Å². The molecule has 0 aromatic heterocycles. The Morgan fingerprint density at radius 3 is 3.06 bits per heavy atom. The molecule has 0 bridgehead atoms. The maximum atomic E-state index is 5.40. The Morgan fingerprint density at radius 1 is 1.44 bits per heavy atom. The third-order valence-corrected chi connectivity index (χ3v) is 4.00. The van der Waals surface area contributed by atoms with Gasteiger partial charge in [0.15, 0.2) is 0 Å². The summed E-state index contributed by atoms with van der Waals surface area (Å²) in [5, 5.41) is 3.64. The summed E-state index contributed by atoms with van der Waals surface area (Å²) >= 11 is 0. The van der Waals surface area contributed by atoms with Crippen LogP contribution in [0.15, 0.2) is 24.3 Å². The SMILES string of the molecule is C#CCC(CC)NCC1CCCc2ccccc21. The molecular formula is C17H23N. The number of nitrogens with one attached hydrogen (secondary N) is 1. The van der Waals surface area contributed by atoms with E-state index in [2.05, 4.69) is 42.4 Å². The Balaban J connectivity index is 1.97. The van der Waals surface area contributed by atoms with Gasteiger partial charge in [-0.3, -0.25) is 0 Å². The van der Waals surface area contributed by atoms with Crippen molar-refractivity contribution in [1.29, 1.82) is 0 Å². The fourth-order valence-electron chi connectivity index (χ4n) is 2.88. The summed E-state index contributed by atoms with van der Waals surface area (Å²) in [4.78, 5) is 0. The summed E-state index contributed by atoms with van der Waals surface area (Å²) in [6.07, 6.45) is 11.2. The zero-order valence-electron chi connectivity index (χ0n) is 11.3. The molecule has 0 amide bonds. The van der Waals surface area contributed by atoms with Gasteiger partial charge in [0.1, 0.15) is 0 Å². The number of benzene rings is 1. The Kier molecular flexibility index (Phi) is 4.84. The number of hydrogen-bond acceptors (Lipinski definition) is 1. The summed E-state index contributed by atoms with van der Waals surface area (Å²) in [5.74, 6) is 3.43. The van der Waals surface area contributed by atoms with Gasteiger partial charge < -0.3 is 5.32 Å². The molecule has 18 heavy (non-hydrogen) atoms. The third kappa shape index (κ3) is 3.15. The van der Waals surface area contributed by atoms with E-state index in [4.69, 9.17) is 6.42 Å². The molecule has 1 aromatic carbocycles. The molecule has 0 saturated heterocycles. The number of aryl methyl sites for hydroxylation is 1. The fraction of sp³-hybridized carbons (Fsp3) is 0.529. The van der Waals surface area contributed by atoms with Gasteiger partial charge in [0.2, 0.25) is 0 Å². The second-order valence-electron chi connectivity index (χ2n) is 5.21. The van der Waals surface area contributed by atoms with Gasteiger partial charge in [-0.15, -0.1) is 12.3 Å². The fourth-order valence-corrected chi connectivity index (χ4v) is 2.88. The minimum Gasteiger partial charge on any atom is -0.312 e. The van der Waals surface area contributed by atoms with Gasteiger partial charge in [0.05, 0.1) is 0 Å². The molecule has 0 aliphatic heterocycles. The Bertz CT molecular complexity index is 416. The minimum absolute atomic E-state index is 0.476. The van der Waals surface area contributed by atoms with Crippen molar-refractivity contribution in [2.75, 3.05) is 6.54 Å². The summed E-state index contributed by atoms with van der Waals surface area (Å²) in [6.45, 7) is 3.26. The maximum absolute atomic E-state index is 5.40. The molecule has 0 fully saturated rings. The van der Waals surface area contributed by atoms with Crippen LogP contribution in [0, 0.1) is 12.3 Å². The molecule has 0 spiro atoms. The lowest BCUT2D eigenvalue weighted by Gasteiger charge is -2.27. The molecule has 2 atom stereocenters. The number of rotatable bonds is 5. The van der Waals surface area contributed by atoms with E-state index in [-0.39, 0.29) is 0 Å². The highest BCUT2D eigenvalue weighted by Gasteiger charge is 2.20.